The predicted octanol–water partition coefficient (Wildman–Crippen LogP) is 0.477. The molecule has 15 heavy (non-hydrogen) atoms. The van der Waals surface area contributed by atoms with Crippen LogP contribution in [0.2, 0.25) is 0 Å². The maximum atomic E-state index is 10.3. The summed E-state index contributed by atoms with van der Waals surface area (Å²) in [5.74, 6) is -0.171. The van der Waals surface area contributed by atoms with Crippen molar-refractivity contribution >= 4 is 5.97 Å². The van der Waals surface area contributed by atoms with Crippen molar-refractivity contribution in [1.82, 2.24) is 20.3 Å². The fraction of sp³-hybridized carbons (Fsp3) is 0.250. The summed E-state index contributed by atoms with van der Waals surface area (Å²) >= 11 is 0. The SMILES string of the molecule is O=C(O)CCc1nc(-c2cn[nH]c2)no1. The topological polar surface area (TPSA) is 105 Å². The fourth-order valence-electron chi connectivity index (χ4n) is 1.06. The van der Waals surface area contributed by atoms with E-state index in [1.165, 1.54) is 0 Å². The molecule has 0 aliphatic heterocycles. The van der Waals surface area contributed by atoms with Crippen molar-refractivity contribution in [3.63, 3.8) is 0 Å². The third-order valence-electron chi connectivity index (χ3n) is 1.78. The maximum Gasteiger partial charge on any atom is 0.303 e. The summed E-state index contributed by atoms with van der Waals surface area (Å²) < 4.78 is 4.87. The number of nitrogens with zero attached hydrogens (tertiary/aromatic N) is 3. The van der Waals surface area contributed by atoms with Crippen LogP contribution in [0, 0.1) is 0 Å². The highest BCUT2D eigenvalue weighted by Crippen LogP contribution is 2.13. The zero-order valence-corrected chi connectivity index (χ0v) is 7.67. The Morgan fingerprint density at radius 1 is 1.60 bits per heavy atom. The van der Waals surface area contributed by atoms with Gasteiger partial charge in [0.1, 0.15) is 0 Å². The first kappa shape index (κ1) is 9.38. The van der Waals surface area contributed by atoms with E-state index in [0.29, 0.717) is 17.3 Å². The first-order valence-electron chi connectivity index (χ1n) is 4.29. The lowest BCUT2D eigenvalue weighted by molar-refractivity contribution is -0.137. The molecule has 2 rings (SSSR count). The van der Waals surface area contributed by atoms with Gasteiger partial charge in [-0.2, -0.15) is 10.1 Å². The van der Waals surface area contributed by atoms with Gasteiger partial charge >= 0.3 is 5.97 Å². The molecule has 0 saturated carbocycles. The van der Waals surface area contributed by atoms with E-state index in [9.17, 15) is 4.79 Å². The van der Waals surface area contributed by atoms with E-state index in [0.717, 1.165) is 0 Å². The molecular formula is C8H8N4O3. The lowest BCUT2D eigenvalue weighted by Crippen LogP contribution is -1.97. The monoisotopic (exact) mass is 208 g/mol. The standard InChI is InChI=1S/C8H8N4O3/c13-7(14)2-1-6-11-8(12-15-6)5-3-9-10-4-5/h3-4H,1-2H2,(H,9,10)(H,13,14). The summed E-state index contributed by atoms with van der Waals surface area (Å²) in [5.41, 5.74) is 0.709. The van der Waals surface area contributed by atoms with Crippen molar-refractivity contribution in [1.29, 1.82) is 0 Å². The minimum Gasteiger partial charge on any atom is -0.481 e. The summed E-state index contributed by atoms with van der Waals surface area (Å²) in [6, 6.07) is 0. The molecule has 0 atom stereocenters. The van der Waals surface area contributed by atoms with Gasteiger partial charge in [0.05, 0.1) is 18.2 Å². The van der Waals surface area contributed by atoms with Crippen LogP contribution in [0.1, 0.15) is 12.3 Å². The lowest BCUT2D eigenvalue weighted by Gasteiger charge is -1.87. The van der Waals surface area contributed by atoms with Crippen molar-refractivity contribution in [2.45, 2.75) is 12.8 Å². The van der Waals surface area contributed by atoms with E-state index in [1.807, 2.05) is 0 Å². The molecule has 0 aromatic carbocycles. The zero-order valence-electron chi connectivity index (χ0n) is 7.67. The molecule has 2 N–H and O–H groups in total. The highest BCUT2D eigenvalue weighted by atomic mass is 16.5. The number of carbonyl (C=O) groups is 1. The van der Waals surface area contributed by atoms with Gasteiger partial charge in [0.2, 0.25) is 11.7 Å². The van der Waals surface area contributed by atoms with E-state index in [1.54, 1.807) is 12.4 Å². The molecule has 2 aromatic heterocycles. The molecule has 0 spiro atoms. The van der Waals surface area contributed by atoms with Crippen molar-refractivity contribution in [2.24, 2.45) is 0 Å². The van der Waals surface area contributed by atoms with Crippen LogP contribution in [0.25, 0.3) is 11.4 Å². The van der Waals surface area contributed by atoms with Gasteiger partial charge in [-0.05, 0) is 0 Å². The minimum absolute atomic E-state index is 0.0208. The Hall–Kier alpha value is -2.18. The van der Waals surface area contributed by atoms with Crippen LogP contribution in [0.15, 0.2) is 16.9 Å². The number of H-pyrrole nitrogens is 1. The molecule has 0 aliphatic carbocycles. The third-order valence-corrected chi connectivity index (χ3v) is 1.78. The van der Waals surface area contributed by atoms with Crippen molar-refractivity contribution in [2.75, 3.05) is 0 Å². The first-order valence-corrected chi connectivity index (χ1v) is 4.29. The molecule has 7 nitrogen and oxygen atoms in total. The lowest BCUT2D eigenvalue weighted by atomic mass is 10.3. The van der Waals surface area contributed by atoms with Gasteiger partial charge in [-0.1, -0.05) is 5.16 Å². The van der Waals surface area contributed by atoms with Crippen molar-refractivity contribution in [3.05, 3.63) is 18.3 Å². The van der Waals surface area contributed by atoms with Crippen molar-refractivity contribution in [3.8, 4) is 11.4 Å². The number of carboxylic acids is 1. The van der Waals surface area contributed by atoms with Gasteiger partial charge in [-0.3, -0.25) is 9.89 Å². The van der Waals surface area contributed by atoms with E-state index >= 15 is 0 Å². The summed E-state index contributed by atoms with van der Waals surface area (Å²) in [5, 5.41) is 18.5. The van der Waals surface area contributed by atoms with Gasteiger partial charge in [-0.25, -0.2) is 0 Å². The number of hydrogen-bond donors (Lipinski definition) is 2. The Balaban J connectivity index is 2.08. The van der Waals surface area contributed by atoms with Crippen LogP contribution in [0.4, 0.5) is 0 Å². The van der Waals surface area contributed by atoms with Crippen LogP contribution < -0.4 is 0 Å². The van der Waals surface area contributed by atoms with Crippen LogP contribution in [-0.2, 0) is 11.2 Å². The minimum atomic E-state index is -0.891. The van der Waals surface area contributed by atoms with Crippen molar-refractivity contribution < 1.29 is 14.4 Å². The molecule has 0 saturated heterocycles. The molecule has 78 valence electrons. The normalized spacial score (nSPS) is 10.4. The Kier molecular flexibility index (Phi) is 2.44. The van der Waals surface area contributed by atoms with Crippen LogP contribution in [0.3, 0.4) is 0 Å². The molecule has 0 bridgehead atoms. The quantitative estimate of drug-likeness (QED) is 0.756. The second kappa shape index (κ2) is 3.91. The van der Waals surface area contributed by atoms with Crippen LogP contribution in [0.5, 0.6) is 0 Å². The average Bonchev–Trinajstić information content (AvgIpc) is 2.85. The second-order valence-corrected chi connectivity index (χ2v) is 2.89. The molecule has 0 fully saturated rings. The Morgan fingerprint density at radius 3 is 3.13 bits per heavy atom. The molecule has 2 heterocycles. The smallest absolute Gasteiger partial charge is 0.303 e. The second-order valence-electron chi connectivity index (χ2n) is 2.89. The zero-order chi connectivity index (χ0) is 10.7. The number of aliphatic carboxylic acids is 1. The first-order chi connectivity index (χ1) is 7.25. The summed E-state index contributed by atoms with van der Waals surface area (Å²) in [6.07, 6.45) is 3.41. The van der Waals surface area contributed by atoms with Gasteiger partial charge in [0.15, 0.2) is 0 Å². The number of nitrogens with one attached hydrogen (secondary N) is 1. The molecule has 7 heteroatoms. The Bertz CT molecular complexity index is 448. The number of carboxylic acid groups (broad SMARTS) is 1. The number of aromatic amines is 1. The highest BCUT2D eigenvalue weighted by molar-refractivity contribution is 5.66. The van der Waals surface area contributed by atoms with Gasteiger partial charge in [0.25, 0.3) is 0 Å². The van der Waals surface area contributed by atoms with Crippen LogP contribution >= 0.6 is 0 Å². The van der Waals surface area contributed by atoms with E-state index in [-0.39, 0.29) is 12.8 Å². The largest absolute Gasteiger partial charge is 0.481 e. The van der Waals surface area contributed by atoms with E-state index < -0.39 is 5.97 Å². The van der Waals surface area contributed by atoms with E-state index in [4.69, 9.17) is 9.63 Å². The average molecular weight is 208 g/mol. The Morgan fingerprint density at radius 2 is 2.47 bits per heavy atom. The number of rotatable bonds is 4. The summed E-state index contributed by atoms with van der Waals surface area (Å²) in [6.45, 7) is 0. The third kappa shape index (κ3) is 2.19. The number of aromatic nitrogens is 4. The van der Waals surface area contributed by atoms with E-state index in [2.05, 4.69) is 20.3 Å². The number of aryl methyl sites for hydroxylation is 1. The molecule has 0 unspecified atom stereocenters. The predicted molar refractivity (Wildman–Crippen MR) is 47.8 cm³/mol. The fourth-order valence-corrected chi connectivity index (χ4v) is 1.06. The Labute approximate surface area is 84.1 Å². The van der Waals surface area contributed by atoms with Gasteiger partial charge in [0, 0.05) is 12.6 Å². The van der Waals surface area contributed by atoms with Gasteiger partial charge < -0.3 is 9.63 Å². The molecule has 0 radical (unpaired) electrons. The maximum absolute atomic E-state index is 10.3. The highest BCUT2D eigenvalue weighted by Gasteiger charge is 2.10. The molecule has 0 amide bonds. The molecule has 0 aliphatic rings. The summed E-state index contributed by atoms with van der Waals surface area (Å²) in [4.78, 5) is 14.3. The van der Waals surface area contributed by atoms with Gasteiger partial charge in [-0.15, -0.1) is 0 Å². The molecule has 2 aromatic rings. The summed E-state index contributed by atoms with van der Waals surface area (Å²) in [7, 11) is 0. The molecular weight excluding hydrogens is 200 g/mol. The number of hydrogen-bond acceptors (Lipinski definition) is 5. The van der Waals surface area contributed by atoms with Crippen LogP contribution in [-0.4, -0.2) is 31.4 Å².